The Labute approximate surface area is 89.3 Å². The minimum Gasteiger partial charge on any atom is -0.503 e. The normalized spacial score (nSPS) is 11.7. The minimum atomic E-state index is -0.337. The van der Waals surface area contributed by atoms with E-state index in [2.05, 4.69) is 0 Å². The first kappa shape index (κ1) is 11.8. The van der Waals surface area contributed by atoms with Crippen molar-refractivity contribution >= 4 is 0 Å². The maximum atomic E-state index is 11.3. The average molecular weight is 210 g/mol. The molecule has 0 saturated heterocycles. The molecule has 15 heavy (non-hydrogen) atoms. The zero-order valence-corrected chi connectivity index (χ0v) is 9.45. The van der Waals surface area contributed by atoms with Crippen LogP contribution >= 0.6 is 0 Å². The van der Waals surface area contributed by atoms with Gasteiger partial charge in [0.2, 0.25) is 5.43 Å². The van der Waals surface area contributed by atoms with Gasteiger partial charge in [0.1, 0.15) is 0 Å². The second kappa shape index (κ2) is 4.06. The number of hydrogen-bond donors (Lipinski definition) is 2. The fourth-order valence-corrected chi connectivity index (χ4v) is 1.57. The van der Waals surface area contributed by atoms with Crippen LogP contribution in [0.25, 0.3) is 0 Å². The second-order valence-corrected chi connectivity index (χ2v) is 4.22. The van der Waals surface area contributed by atoms with E-state index in [-0.39, 0.29) is 16.7 Å². The third-order valence-electron chi connectivity index (χ3n) is 2.66. The highest BCUT2D eigenvalue weighted by molar-refractivity contribution is 5.27. The summed E-state index contributed by atoms with van der Waals surface area (Å²) in [6.45, 7) is 6.28. The fraction of sp³-hybridized carbons (Fsp3) is 0.545. The van der Waals surface area contributed by atoms with Crippen LogP contribution in [-0.2, 0) is 12.0 Å². The molecule has 84 valence electrons. The molecule has 4 heteroatoms. The van der Waals surface area contributed by atoms with E-state index in [0.717, 1.165) is 0 Å². The number of aromatic hydroxyl groups is 1. The Balaban J connectivity index is 3.44. The Kier molecular flexibility index (Phi) is 3.19. The van der Waals surface area contributed by atoms with Crippen molar-refractivity contribution in [2.24, 2.45) is 5.73 Å². The molecule has 1 aromatic heterocycles. The third kappa shape index (κ3) is 2.04. The summed E-state index contributed by atoms with van der Waals surface area (Å²) in [5, 5.41) is 9.66. The van der Waals surface area contributed by atoms with Crippen molar-refractivity contribution < 1.29 is 5.11 Å². The van der Waals surface area contributed by atoms with Crippen LogP contribution in [-0.4, -0.2) is 16.2 Å². The van der Waals surface area contributed by atoms with Crippen LogP contribution in [0.3, 0.4) is 0 Å². The van der Waals surface area contributed by atoms with E-state index in [1.165, 1.54) is 6.07 Å². The van der Waals surface area contributed by atoms with Gasteiger partial charge < -0.3 is 15.4 Å². The van der Waals surface area contributed by atoms with Gasteiger partial charge in [-0.3, -0.25) is 4.79 Å². The zero-order valence-electron chi connectivity index (χ0n) is 9.45. The summed E-state index contributed by atoms with van der Waals surface area (Å²) in [7, 11) is 0. The highest BCUT2D eigenvalue weighted by Crippen LogP contribution is 2.20. The number of hydrogen-bond acceptors (Lipinski definition) is 3. The molecule has 0 saturated carbocycles. The maximum Gasteiger partial charge on any atom is 0.223 e. The van der Waals surface area contributed by atoms with Gasteiger partial charge in [0.05, 0.1) is 11.2 Å². The summed E-state index contributed by atoms with van der Waals surface area (Å²) in [5.41, 5.74) is 5.67. The van der Waals surface area contributed by atoms with Gasteiger partial charge in [-0.05, 0) is 20.3 Å². The summed E-state index contributed by atoms with van der Waals surface area (Å²) in [6, 6.07) is 1.37. The van der Waals surface area contributed by atoms with E-state index in [1.54, 1.807) is 6.20 Å². The first-order chi connectivity index (χ1) is 6.94. The van der Waals surface area contributed by atoms with Gasteiger partial charge in [-0.2, -0.15) is 0 Å². The van der Waals surface area contributed by atoms with Gasteiger partial charge in [-0.1, -0.05) is 6.92 Å². The lowest BCUT2D eigenvalue weighted by Gasteiger charge is -2.29. The van der Waals surface area contributed by atoms with Crippen molar-refractivity contribution in [1.82, 2.24) is 4.57 Å². The van der Waals surface area contributed by atoms with Crippen molar-refractivity contribution in [3.8, 4) is 5.75 Å². The van der Waals surface area contributed by atoms with Crippen molar-refractivity contribution in [3.63, 3.8) is 0 Å². The molecular formula is C11H18N2O2. The second-order valence-electron chi connectivity index (χ2n) is 4.22. The molecular weight excluding hydrogens is 192 g/mol. The lowest BCUT2D eigenvalue weighted by Crippen LogP contribution is -2.37. The summed E-state index contributed by atoms with van der Waals surface area (Å²) in [6.07, 6.45) is 2.29. The molecule has 0 unspecified atom stereocenters. The zero-order chi connectivity index (χ0) is 11.6. The molecule has 0 aliphatic carbocycles. The highest BCUT2D eigenvalue weighted by Gasteiger charge is 2.21. The summed E-state index contributed by atoms with van der Waals surface area (Å²) in [4.78, 5) is 11.3. The lowest BCUT2D eigenvalue weighted by molar-refractivity contribution is 0.341. The van der Waals surface area contributed by atoms with Crippen molar-refractivity contribution in [1.29, 1.82) is 0 Å². The van der Waals surface area contributed by atoms with Gasteiger partial charge in [0.25, 0.3) is 0 Å². The Morgan fingerprint density at radius 1 is 1.53 bits per heavy atom. The smallest absolute Gasteiger partial charge is 0.223 e. The predicted molar refractivity (Wildman–Crippen MR) is 60.1 cm³/mol. The van der Waals surface area contributed by atoms with E-state index < -0.39 is 0 Å². The van der Waals surface area contributed by atoms with Crippen molar-refractivity contribution in [2.45, 2.75) is 32.7 Å². The number of nitrogens with two attached hydrogens (primary N) is 1. The minimum absolute atomic E-state index is 0.165. The van der Waals surface area contributed by atoms with E-state index in [1.807, 2.05) is 25.3 Å². The molecule has 0 atom stereocenters. The quantitative estimate of drug-likeness (QED) is 0.775. The number of pyridine rings is 1. The maximum absolute atomic E-state index is 11.3. The van der Waals surface area contributed by atoms with Crippen LogP contribution < -0.4 is 11.2 Å². The summed E-state index contributed by atoms with van der Waals surface area (Å²) in [5.74, 6) is -0.165. The number of aromatic nitrogens is 1. The molecule has 0 fully saturated rings. The molecule has 0 bridgehead atoms. The van der Waals surface area contributed by atoms with Crippen LogP contribution in [0.15, 0.2) is 17.1 Å². The topological polar surface area (TPSA) is 68.2 Å². The molecule has 4 nitrogen and oxygen atoms in total. The molecule has 0 aliphatic heterocycles. The predicted octanol–water partition coefficient (Wildman–Crippen LogP) is 0.810. The number of nitrogens with zero attached hydrogens (tertiary/aromatic N) is 1. The molecule has 0 aromatic carbocycles. The van der Waals surface area contributed by atoms with Crippen LogP contribution in [0.5, 0.6) is 5.75 Å². The molecule has 1 aromatic rings. The van der Waals surface area contributed by atoms with E-state index >= 15 is 0 Å². The van der Waals surface area contributed by atoms with Crippen LogP contribution in [0.4, 0.5) is 0 Å². The molecule has 0 radical (unpaired) electrons. The summed E-state index contributed by atoms with van der Waals surface area (Å²) < 4.78 is 1.86. The molecule has 0 amide bonds. The highest BCUT2D eigenvalue weighted by atomic mass is 16.3. The van der Waals surface area contributed by atoms with Gasteiger partial charge in [0.15, 0.2) is 5.75 Å². The van der Waals surface area contributed by atoms with Gasteiger partial charge in [-0.15, -0.1) is 0 Å². The van der Waals surface area contributed by atoms with Gasteiger partial charge in [0, 0.05) is 18.8 Å². The molecule has 0 spiro atoms. The number of rotatable bonds is 3. The third-order valence-corrected chi connectivity index (χ3v) is 2.66. The van der Waals surface area contributed by atoms with Crippen LogP contribution in [0.2, 0.25) is 0 Å². The largest absolute Gasteiger partial charge is 0.503 e. The van der Waals surface area contributed by atoms with E-state index in [0.29, 0.717) is 18.7 Å². The van der Waals surface area contributed by atoms with Crippen molar-refractivity contribution in [2.75, 3.05) is 6.54 Å². The van der Waals surface area contributed by atoms with Crippen LogP contribution in [0.1, 0.15) is 26.5 Å². The van der Waals surface area contributed by atoms with E-state index in [4.69, 9.17) is 5.73 Å². The Hall–Kier alpha value is -1.29. The standard InChI is InChI=1S/C11H18N2O2/c1-4-8-10(15)9(14)5-6-13(8)11(2,3)7-12/h5-6,15H,4,7,12H2,1-3H3. The summed E-state index contributed by atoms with van der Waals surface area (Å²) >= 11 is 0. The Bertz CT molecular complexity index is 408. The average Bonchev–Trinajstić information content (AvgIpc) is 2.21. The van der Waals surface area contributed by atoms with Crippen LogP contribution in [0, 0.1) is 0 Å². The van der Waals surface area contributed by atoms with Gasteiger partial charge >= 0.3 is 0 Å². The Morgan fingerprint density at radius 2 is 2.13 bits per heavy atom. The lowest BCUT2D eigenvalue weighted by atomic mass is 10.0. The SMILES string of the molecule is CCc1c(O)c(=O)ccn1C(C)(C)CN. The molecule has 3 N–H and O–H groups in total. The first-order valence-corrected chi connectivity index (χ1v) is 5.08. The molecule has 1 rings (SSSR count). The van der Waals surface area contributed by atoms with Gasteiger partial charge in [-0.25, -0.2) is 0 Å². The monoisotopic (exact) mass is 210 g/mol. The molecule has 1 heterocycles. The molecule has 0 aliphatic rings. The van der Waals surface area contributed by atoms with E-state index in [9.17, 15) is 9.90 Å². The Morgan fingerprint density at radius 3 is 2.60 bits per heavy atom. The first-order valence-electron chi connectivity index (χ1n) is 5.08. The van der Waals surface area contributed by atoms with Crippen molar-refractivity contribution in [3.05, 3.63) is 28.2 Å². The fourth-order valence-electron chi connectivity index (χ4n) is 1.57.